The van der Waals surface area contributed by atoms with Crippen LogP contribution in [0.5, 0.6) is 0 Å². The first-order chi connectivity index (χ1) is 11.9. The van der Waals surface area contributed by atoms with Crippen LogP contribution < -0.4 is 4.72 Å². The molecule has 0 heterocycles. The summed E-state index contributed by atoms with van der Waals surface area (Å²) in [6.07, 6.45) is 7.67. The molecular weight excluding hydrogens is 336 g/mol. The molecule has 1 atom stereocenters. The number of unbranched alkanes of at least 4 members (excludes halogenated alkanes) is 4. The fourth-order valence-corrected chi connectivity index (χ4v) is 3.39. The number of aliphatic hydroxyl groups excluding tert-OH is 1. The number of nitrogens with zero attached hydrogens (tertiary/aromatic N) is 1. The lowest BCUT2D eigenvalue weighted by molar-refractivity contribution is 0.143. The van der Waals surface area contributed by atoms with E-state index in [1.165, 1.54) is 32.1 Å². The van der Waals surface area contributed by atoms with E-state index in [0.717, 1.165) is 31.5 Å². The Hall–Kier alpha value is -1.11. The quantitative estimate of drug-likeness (QED) is 0.519. The standard InChI is InChI=1S/C19H34N2O3S/c1-4-6-7-8-9-15-21(5-2)16-14-19(22)17-10-12-18(13-11-17)20-25(3,23)24/h10-13,19-20,22H,4-9,14-16H2,1-3H3/t19-/m1/s1. The molecule has 6 heteroatoms. The van der Waals surface area contributed by atoms with Crippen molar-refractivity contribution in [1.29, 1.82) is 0 Å². The van der Waals surface area contributed by atoms with Crippen LogP contribution in [0.4, 0.5) is 5.69 Å². The lowest BCUT2D eigenvalue weighted by Crippen LogP contribution is -2.27. The molecule has 1 aromatic rings. The molecule has 0 aliphatic rings. The van der Waals surface area contributed by atoms with Crippen molar-refractivity contribution in [2.45, 2.75) is 58.5 Å². The Labute approximate surface area is 153 Å². The molecule has 0 unspecified atom stereocenters. The molecule has 0 amide bonds. The summed E-state index contributed by atoms with van der Waals surface area (Å²) in [5.74, 6) is 0. The number of rotatable bonds is 13. The molecule has 1 rings (SSSR count). The van der Waals surface area contributed by atoms with Crippen LogP contribution in [0.1, 0.15) is 64.0 Å². The zero-order valence-corrected chi connectivity index (χ0v) is 16.7. The SMILES string of the molecule is CCCCCCCN(CC)CC[C@@H](O)c1ccc(NS(C)(=O)=O)cc1. The van der Waals surface area contributed by atoms with Gasteiger partial charge in [-0.25, -0.2) is 8.42 Å². The molecule has 2 N–H and O–H groups in total. The van der Waals surface area contributed by atoms with Crippen LogP contribution in [-0.4, -0.2) is 44.3 Å². The van der Waals surface area contributed by atoms with Gasteiger partial charge in [0.2, 0.25) is 10.0 Å². The summed E-state index contributed by atoms with van der Waals surface area (Å²) in [6, 6.07) is 6.92. The van der Waals surface area contributed by atoms with Crippen molar-refractivity contribution in [3.63, 3.8) is 0 Å². The van der Waals surface area contributed by atoms with Gasteiger partial charge < -0.3 is 10.0 Å². The number of benzene rings is 1. The van der Waals surface area contributed by atoms with Crippen LogP contribution in [-0.2, 0) is 10.0 Å². The minimum atomic E-state index is -3.27. The second kappa shape index (κ2) is 11.5. The van der Waals surface area contributed by atoms with Gasteiger partial charge in [-0.1, -0.05) is 51.7 Å². The van der Waals surface area contributed by atoms with Gasteiger partial charge in [0.15, 0.2) is 0 Å². The third kappa shape index (κ3) is 9.82. The number of hydrogen-bond acceptors (Lipinski definition) is 4. The van der Waals surface area contributed by atoms with Crippen LogP contribution in [0.15, 0.2) is 24.3 Å². The molecular formula is C19H34N2O3S. The maximum absolute atomic E-state index is 11.2. The zero-order chi connectivity index (χ0) is 18.7. The summed E-state index contributed by atoms with van der Waals surface area (Å²) in [5, 5.41) is 10.4. The zero-order valence-electron chi connectivity index (χ0n) is 15.9. The molecule has 0 aliphatic heterocycles. The average molecular weight is 371 g/mol. The van der Waals surface area contributed by atoms with Gasteiger partial charge in [0.1, 0.15) is 0 Å². The normalized spacial score (nSPS) is 13.2. The maximum Gasteiger partial charge on any atom is 0.229 e. The summed E-state index contributed by atoms with van der Waals surface area (Å²) in [4.78, 5) is 2.38. The minimum absolute atomic E-state index is 0.515. The van der Waals surface area contributed by atoms with Gasteiger partial charge >= 0.3 is 0 Å². The third-order valence-electron chi connectivity index (χ3n) is 4.34. The molecule has 0 aliphatic carbocycles. The third-order valence-corrected chi connectivity index (χ3v) is 4.95. The molecule has 0 fully saturated rings. The van der Waals surface area contributed by atoms with E-state index in [1.54, 1.807) is 24.3 Å². The average Bonchev–Trinajstić information content (AvgIpc) is 2.56. The van der Waals surface area contributed by atoms with Crippen molar-refractivity contribution in [1.82, 2.24) is 4.90 Å². The molecule has 0 aromatic heterocycles. The van der Waals surface area contributed by atoms with E-state index >= 15 is 0 Å². The highest BCUT2D eigenvalue weighted by Gasteiger charge is 2.11. The smallest absolute Gasteiger partial charge is 0.229 e. The molecule has 0 radical (unpaired) electrons. The van der Waals surface area contributed by atoms with Crippen molar-refractivity contribution >= 4 is 15.7 Å². The highest BCUT2D eigenvalue weighted by molar-refractivity contribution is 7.92. The maximum atomic E-state index is 11.2. The first-order valence-corrected chi connectivity index (χ1v) is 11.2. The van der Waals surface area contributed by atoms with E-state index in [9.17, 15) is 13.5 Å². The molecule has 144 valence electrons. The van der Waals surface area contributed by atoms with Gasteiger partial charge in [-0.3, -0.25) is 4.72 Å². The predicted octanol–water partition coefficient (Wildman–Crippen LogP) is 3.77. The second-order valence-corrected chi connectivity index (χ2v) is 8.40. The number of sulfonamides is 1. The Balaban J connectivity index is 2.39. The molecule has 0 saturated carbocycles. The first kappa shape index (κ1) is 21.9. The van der Waals surface area contributed by atoms with Gasteiger partial charge in [-0.05, 0) is 43.6 Å². The van der Waals surface area contributed by atoms with Crippen LogP contribution in [0.2, 0.25) is 0 Å². The van der Waals surface area contributed by atoms with Crippen molar-refractivity contribution in [2.24, 2.45) is 0 Å². The fourth-order valence-electron chi connectivity index (χ4n) is 2.83. The van der Waals surface area contributed by atoms with E-state index in [4.69, 9.17) is 0 Å². The molecule has 0 saturated heterocycles. The van der Waals surface area contributed by atoms with Gasteiger partial charge in [0, 0.05) is 12.2 Å². The molecule has 1 aromatic carbocycles. The minimum Gasteiger partial charge on any atom is -0.388 e. The van der Waals surface area contributed by atoms with Crippen molar-refractivity contribution < 1.29 is 13.5 Å². The lowest BCUT2D eigenvalue weighted by atomic mass is 10.1. The van der Waals surface area contributed by atoms with Crippen LogP contribution in [0.25, 0.3) is 0 Å². The highest BCUT2D eigenvalue weighted by atomic mass is 32.2. The summed E-state index contributed by atoms with van der Waals surface area (Å²) < 4.78 is 24.8. The second-order valence-electron chi connectivity index (χ2n) is 6.65. The monoisotopic (exact) mass is 370 g/mol. The van der Waals surface area contributed by atoms with Crippen molar-refractivity contribution in [3.8, 4) is 0 Å². The topological polar surface area (TPSA) is 69.6 Å². The van der Waals surface area contributed by atoms with E-state index in [0.29, 0.717) is 12.1 Å². The Bertz CT molecular complexity index is 573. The lowest BCUT2D eigenvalue weighted by Gasteiger charge is -2.22. The van der Waals surface area contributed by atoms with Crippen LogP contribution in [0, 0.1) is 0 Å². The van der Waals surface area contributed by atoms with Crippen molar-refractivity contribution in [2.75, 3.05) is 30.6 Å². The van der Waals surface area contributed by atoms with Gasteiger partial charge in [-0.2, -0.15) is 0 Å². The molecule has 25 heavy (non-hydrogen) atoms. The van der Waals surface area contributed by atoms with Gasteiger partial charge in [0.05, 0.1) is 12.4 Å². The number of nitrogens with one attached hydrogen (secondary N) is 1. The van der Waals surface area contributed by atoms with Gasteiger partial charge in [-0.15, -0.1) is 0 Å². The first-order valence-electron chi connectivity index (χ1n) is 9.34. The molecule has 0 spiro atoms. The summed E-state index contributed by atoms with van der Waals surface area (Å²) in [5.41, 5.74) is 1.33. The van der Waals surface area contributed by atoms with E-state index in [2.05, 4.69) is 23.5 Å². The molecule has 0 bridgehead atoms. The summed E-state index contributed by atoms with van der Waals surface area (Å²) in [6.45, 7) is 7.34. The number of aliphatic hydroxyl groups is 1. The number of anilines is 1. The number of hydrogen-bond donors (Lipinski definition) is 2. The fraction of sp³-hybridized carbons (Fsp3) is 0.684. The Morgan fingerprint density at radius 1 is 1.04 bits per heavy atom. The van der Waals surface area contributed by atoms with E-state index < -0.39 is 16.1 Å². The van der Waals surface area contributed by atoms with Crippen LogP contribution >= 0.6 is 0 Å². The molecule has 5 nitrogen and oxygen atoms in total. The highest BCUT2D eigenvalue weighted by Crippen LogP contribution is 2.20. The van der Waals surface area contributed by atoms with Crippen LogP contribution in [0.3, 0.4) is 0 Å². The Morgan fingerprint density at radius 3 is 2.24 bits per heavy atom. The summed E-state index contributed by atoms with van der Waals surface area (Å²) in [7, 11) is -3.27. The predicted molar refractivity (Wildman–Crippen MR) is 105 cm³/mol. The van der Waals surface area contributed by atoms with E-state index in [-0.39, 0.29) is 0 Å². The van der Waals surface area contributed by atoms with Crippen molar-refractivity contribution in [3.05, 3.63) is 29.8 Å². The Morgan fingerprint density at radius 2 is 1.68 bits per heavy atom. The van der Waals surface area contributed by atoms with Gasteiger partial charge in [0.25, 0.3) is 0 Å². The Kier molecular flexibility index (Phi) is 10.1. The van der Waals surface area contributed by atoms with E-state index in [1.807, 2.05) is 0 Å². The largest absolute Gasteiger partial charge is 0.388 e. The summed E-state index contributed by atoms with van der Waals surface area (Å²) >= 11 is 0.